The number of fused-ring (bicyclic) bond motifs is 1. The first-order valence-electron chi connectivity index (χ1n) is 9.03. The van der Waals surface area contributed by atoms with Crippen molar-refractivity contribution in [1.82, 2.24) is 14.5 Å². The van der Waals surface area contributed by atoms with Crippen LogP contribution in [0.15, 0.2) is 55.0 Å². The summed E-state index contributed by atoms with van der Waals surface area (Å²) in [5, 5.41) is 1.34. The molecule has 0 bridgehead atoms. The molecule has 1 fully saturated rings. The van der Waals surface area contributed by atoms with E-state index in [0.29, 0.717) is 5.92 Å². The summed E-state index contributed by atoms with van der Waals surface area (Å²) < 4.78 is 2.33. The first-order valence-corrected chi connectivity index (χ1v) is 9.03. The molecular formula is C21H25N3. The van der Waals surface area contributed by atoms with Gasteiger partial charge in [-0.15, -0.1) is 0 Å². The van der Waals surface area contributed by atoms with E-state index in [9.17, 15) is 0 Å². The zero-order valence-electron chi connectivity index (χ0n) is 14.4. The van der Waals surface area contributed by atoms with E-state index in [-0.39, 0.29) is 0 Å². The van der Waals surface area contributed by atoms with Gasteiger partial charge in [-0.1, -0.05) is 12.1 Å². The lowest BCUT2D eigenvalue weighted by Gasteiger charge is -2.32. The third-order valence-corrected chi connectivity index (χ3v) is 5.35. The molecule has 3 nitrogen and oxygen atoms in total. The highest BCUT2D eigenvalue weighted by molar-refractivity contribution is 5.80. The Hall–Kier alpha value is -2.13. The van der Waals surface area contributed by atoms with Gasteiger partial charge in [-0.3, -0.25) is 9.88 Å². The van der Waals surface area contributed by atoms with Crippen LogP contribution in [-0.4, -0.2) is 27.5 Å². The van der Waals surface area contributed by atoms with Crippen molar-refractivity contribution in [2.75, 3.05) is 13.1 Å². The molecule has 0 N–H and O–H groups in total. The van der Waals surface area contributed by atoms with Gasteiger partial charge in [0.2, 0.25) is 0 Å². The molecule has 0 atom stereocenters. The van der Waals surface area contributed by atoms with Gasteiger partial charge < -0.3 is 4.57 Å². The highest BCUT2D eigenvalue weighted by Gasteiger charge is 2.20. The van der Waals surface area contributed by atoms with Gasteiger partial charge in [-0.2, -0.15) is 0 Å². The molecule has 4 rings (SSSR count). The highest BCUT2D eigenvalue weighted by atomic mass is 15.1. The average molecular weight is 319 g/mol. The van der Waals surface area contributed by atoms with E-state index in [4.69, 9.17) is 0 Å². The molecule has 24 heavy (non-hydrogen) atoms. The Morgan fingerprint density at radius 1 is 1.04 bits per heavy atom. The quantitative estimate of drug-likeness (QED) is 0.709. The number of aryl methyl sites for hydroxylation is 1. The maximum atomic E-state index is 4.13. The molecule has 0 aliphatic carbocycles. The zero-order valence-corrected chi connectivity index (χ0v) is 14.4. The van der Waals surface area contributed by atoms with Gasteiger partial charge in [0.05, 0.1) is 0 Å². The Morgan fingerprint density at radius 3 is 2.58 bits per heavy atom. The number of rotatable bonds is 4. The lowest BCUT2D eigenvalue weighted by atomic mass is 9.90. The normalized spacial score (nSPS) is 16.7. The van der Waals surface area contributed by atoms with Crippen molar-refractivity contribution in [3.63, 3.8) is 0 Å². The van der Waals surface area contributed by atoms with E-state index in [1.54, 1.807) is 0 Å². The molecule has 0 saturated carbocycles. The standard InChI is InChI=1S/C21H25N3/c1-2-24-14-9-20-4-3-17(15-21(20)24)16-23-12-7-19(8-13-23)18-5-10-22-11-6-18/h3-6,9-11,14-15,19H,2,7-8,12-13,16H2,1H3. The minimum atomic E-state index is 0.698. The molecule has 0 unspecified atom stereocenters. The maximum Gasteiger partial charge on any atom is 0.0483 e. The SMILES string of the molecule is CCn1ccc2ccc(CN3CCC(c4ccncc4)CC3)cc21. The minimum absolute atomic E-state index is 0.698. The largest absolute Gasteiger partial charge is 0.348 e. The Bertz CT molecular complexity index is 798. The van der Waals surface area contributed by atoms with Crippen molar-refractivity contribution in [2.24, 2.45) is 0 Å². The Labute approximate surface area is 143 Å². The predicted octanol–water partition coefficient (Wildman–Crippen LogP) is 4.44. The Balaban J connectivity index is 1.42. The zero-order chi connectivity index (χ0) is 16.4. The van der Waals surface area contributed by atoms with E-state index in [0.717, 1.165) is 13.1 Å². The van der Waals surface area contributed by atoms with Crippen LogP contribution in [0.25, 0.3) is 10.9 Å². The number of aromatic nitrogens is 2. The van der Waals surface area contributed by atoms with Crippen LogP contribution in [0.2, 0.25) is 0 Å². The summed E-state index contributed by atoms with van der Waals surface area (Å²) in [7, 11) is 0. The van der Waals surface area contributed by atoms with Crippen LogP contribution in [0.1, 0.15) is 36.8 Å². The predicted molar refractivity (Wildman–Crippen MR) is 99.1 cm³/mol. The molecule has 0 spiro atoms. The van der Waals surface area contributed by atoms with Crippen molar-refractivity contribution in [1.29, 1.82) is 0 Å². The first-order chi connectivity index (χ1) is 11.8. The third-order valence-electron chi connectivity index (χ3n) is 5.35. The second-order valence-corrected chi connectivity index (χ2v) is 6.83. The van der Waals surface area contributed by atoms with Crippen molar-refractivity contribution >= 4 is 10.9 Å². The molecule has 1 aliphatic rings. The third kappa shape index (κ3) is 3.09. The van der Waals surface area contributed by atoms with E-state index in [2.05, 4.69) is 64.0 Å². The van der Waals surface area contributed by atoms with Gasteiger partial charge in [0, 0.05) is 37.2 Å². The second-order valence-electron chi connectivity index (χ2n) is 6.83. The lowest BCUT2D eigenvalue weighted by Crippen LogP contribution is -2.32. The molecule has 3 heterocycles. The number of likely N-dealkylation sites (tertiary alicyclic amines) is 1. The van der Waals surface area contributed by atoms with Gasteiger partial charge in [0.15, 0.2) is 0 Å². The molecule has 3 heteroatoms. The molecule has 2 aromatic heterocycles. The lowest BCUT2D eigenvalue weighted by molar-refractivity contribution is 0.204. The van der Waals surface area contributed by atoms with Crippen LogP contribution in [-0.2, 0) is 13.1 Å². The van der Waals surface area contributed by atoms with Crippen LogP contribution in [0, 0.1) is 0 Å². The number of nitrogens with zero attached hydrogens (tertiary/aromatic N) is 3. The van der Waals surface area contributed by atoms with Crippen LogP contribution in [0.4, 0.5) is 0 Å². The number of hydrogen-bond acceptors (Lipinski definition) is 2. The van der Waals surface area contributed by atoms with Crippen LogP contribution >= 0.6 is 0 Å². The minimum Gasteiger partial charge on any atom is -0.348 e. The fraction of sp³-hybridized carbons (Fsp3) is 0.381. The number of piperidine rings is 1. The van der Waals surface area contributed by atoms with Crippen molar-refractivity contribution in [2.45, 2.75) is 38.8 Å². The van der Waals surface area contributed by atoms with Crippen LogP contribution in [0.3, 0.4) is 0 Å². The van der Waals surface area contributed by atoms with E-state index in [1.165, 1.54) is 48.0 Å². The molecule has 0 amide bonds. The summed E-state index contributed by atoms with van der Waals surface area (Å²) in [4.78, 5) is 6.73. The first kappa shape index (κ1) is 15.4. The maximum absolute atomic E-state index is 4.13. The van der Waals surface area contributed by atoms with Crippen molar-refractivity contribution in [3.05, 3.63) is 66.1 Å². The Morgan fingerprint density at radius 2 is 1.83 bits per heavy atom. The molecular weight excluding hydrogens is 294 g/mol. The Kier molecular flexibility index (Phi) is 4.35. The van der Waals surface area contributed by atoms with Gasteiger partial charge in [-0.05, 0) is 79.6 Å². The van der Waals surface area contributed by atoms with Gasteiger partial charge in [-0.25, -0.2) is 0 Å². The number of pyridine rings is 1. The smallest absolute Gasteiger partial charge is 0.0483 e. The number of benzene rings is 1. The van der Waals surface area contributed by atoms with Crippen molar-refractivity contribution < 1.29 is 0 Å². The van der Waals surface area contributed by atoms with Crippen molar-refractivity contribution in [3.8, 4) is 0 Å². The summed E-state index contributed by atoms with van der Waals surface area (Å²) in [6.07, 6.45) is 8.52. The molecule has 124 valence electrons. The van der Waals surface area contributed by atoms with Gasteiger partial charge in [0.25, 0.3) is 0 Å². The van der Waals surface area contributed by atoms with E-state index < -0.39 is 0 Å². The second kappa shape index (κ2) is 6.78. The highest BCUT2D eigenvalue weighted by Crippen LogP contribution is 2.28. The summed E-state index contributed by atoms with van der Waals surface area (Å²) in [6.45, 7) is 6.66. The summed E-state index contributed by atoms with van der Waals surface area (Å²) >= 11 is 0. The van der Waals surface area contributed by atoms with Gasteiger partial charge in [0.1, 0.15) is 0 Å². The monoisotopic (exact) mass is 319 g/mol. The number of hydrogen-bond donors (Lipinski definition) is 0. The van der Waals surface area contributed by atoms with E-state index in [1.807, 2.05) is 12.4 Å². The fourth-order valence-corrected chi connectivity index (χ4v) is 3.92. The van der Waals surface area contributed by atoms with Crippen LogP contribution < -0.4 is 0 Å². The topological polar surface area (TPSA) is 21.1 Å². The average Bonchev–Trinajstić information content (AvgIpc) is 3.05. The molecule has 1 saturated heterocycles. The fourth-order valence-electron chi connectivity index (χ4n) is 3.92. The summed E-state index contributed by atoms with van der Waals surface area (Å²) in [5.41, 5.74) is 4.24. The molecule has 1 aromatic carbocycles. The summed E-state index contributed by atoms with van der Waals surface area (Å²) in [5.74, 6) is 0.698. The molecule has 3 aromatic rings. The molecule has 1 aliphatic heterocycles. The van der Waals surface area contributed by atoms with Crippen LogP contribution in [0.5, 0.6) is 0 Å². The molecule has 0 radical (unpaired) electrons. The van der Waals surface area contributed by atoms with E-state index >= 15 is 0 Å². The summed E-state index contributed by atoms with van der Waals surface area (Å²) in [6, 6.07) is 13.5. The van der Waals surface area contributed by atoms with Gasteiger partial charge >= 0.3 is 0 Å².